The number of nitrogens with zero attached hydrogens (tertiary/aromatic N) is 3. The van der Waals surface area contributed by atoms with E-state index in [0.29, 0.717) is 27.7 Å². The van der Waals surface area contributed by atoms with Gasteiger partial charge in [0.15, 0.2) is 11.6 Å². The number of rotatable bonds is 6. The number of halogens is 2. The van der Waals surface area contributed by atoms with Crippen molar-refractivity contribution >= 4 is 29.0 Å². The van der Waals surface area contributed by atoms with Crippen LogP contribution in [0.3, 0.4) is 0 Å². The number of hydrogen-bond donors (Lipinski definition) is 2. The van der Waals surface area contributed by atoms with Crippen LogP contribution in [0.4, 0.5) is 5.82 Å². The molecular weight excluding hydrogens is 469 g/mol. The third-order valence-corrected chi connectivity index (χ3v) is 6.82. The summed E-state index contributed by atoms with van der Waals surface area (Å²) >= 11 is 13.1. The van der Waals surface area contributed by atoms with Gasteiger partial charge in [0, 0.05) is 39.6 Å². The molecule has 34 heavy (non-hydrogen) atoms. The standard InChI is InChI=1S/C26H33Cl2N5O/c1-16-6-7-21(27)23(24(16)28)17(2)34-22-12-18(13-30-25(22)32-26(3,4)5)19-14-31-33(15-19)20-8-10-29-11-9-20/h6-7,12-15,17,20,29H,8-11H2,1-5H3,(H,30,32)/t17-/m1/s1. The SMILES string of the molecule is Cc1ccc(Cl)c([C@@H](C)Oc2cc(-c3cnn(C4CCNCC4)c3)cnc2NC(C)(C)C)c1Cl. The monoisotopic (exact) mass is 501 g/mol. The topological polar surface area (TPSA) is 64.0 Å². The number of piperidine rings is 1. The summed E-state index contributed by atoms with van der Waals surface area (Å²) in [5.74, 6) is 1.32. The lowest BCUT2D eigenvalue weighted by atomic mass is 10.1. The van der Waals surface area contributed by atoms with Crippen molar-refractivity contribution in [3.05, 3.63) is 58.0 Å². The molecule has 1 atom stereocenters. The predicted octanol–water partition coefficient (Wildman–Crippen LogP) is 6.84. The second-order valence-corrected chi connectivity index (χ2v) is 10.8. The highest BCUT2D eigenvalue weighted by molar-refractivity contribution is 6.36. The molecule has 1 fully saturated rings. The number of nitrogens with one attached hydrogen (secondary N) is 2. The smallest absolute Gasteiger partial charge is 0.169 e. The summed E-state index contributed by atoms with van der Waals surface area (Å²) in [4.78, 5) is 4.72. The highest BCUT2D eigenvalue weighted by Crippen LogP contribution is 2.38. The Morgan fingerprint density at radius 3 is 2.59 bits per heavy atom. The van der Waals surface area contributed by atoms with Crippen molar-refractivity contribution < 1.29 is 4.74 Å². The fourth-order valence-corrected chi connectivity index (χ4v) is 4.88. The van der Waals surface area contributed by atoms with Gasteiger partial charge in [-0.05, 0) is 78.2 Å². The maximum atomic E-state index is 6.60. The lowest BCUT2D eigenvalue weighted by Crippen LogP contribution is -2.29. The molecular formula is C26H33Cl2N5O. The van der Waals surface area contributed by atoms with Crippen LogP contribution in [-0.2, 0) is 0 Å². The molecule has 8 heteroatoms. The summed E-state index contributed by atoms with van der Waals surface area (Å²) in [5, 5.41) is 12.7. The lowest BCUT2D eigenvalue weighted by molar-refractivity contribution is 0.227. The minimum atomic E-state index is -0.366. The van der Waals surface area contributed by atoms with Crippen molar-refractivity contribution in [2.45, 2.75) is 65.1 Å². The van der Waals surface area contributed by atoms with Crippen LogP contribution in [0, 0.1) is 6.92 Å². The zero-order valence-electron chi connectivity index (χ0n) is 20.5. The van der Waals surface area contributed by atoms with Crippen LogP contribution in [-0.4, -0.2) is 33.4 Å². The summed E-state index contributed by atoms with van der Waals surface area (Å²) in [6.45, 7) is 12.2. The summed E-state index contributed by atoms with van der Waals surface area (Å²) < 4.78 is 8.53. The molecule has 182 valence electrons. The van der Waals surface area contributed by atoms with E-state index in [0.717, 1.165) is 48.2 Å². The molecule has 3 heterocycles. The maximum absolute atomic E-state index is 6.60. The van der Waals surface area contributed by atoms with Crippen molar-refractivity contribution in [1.82, 2.24) is 20.1 Å². The number of pyridine rings is 1. The number of aromatic nitrogens is 3. The van der Waals surface area contributed by atoms with Gasteiger partial charge in [-0.2, -0.15) is 5.10 Å². The van der Waals surface area contributed by atoms with E-state index < -0.39 is 0 Å². The largest absolute Gasteiger partial charge is 0.482 e. The van der Waals surface area contributed by atoms with Crippen LogP contribution in [0.25, 0.3) is 11.1 Å². The molecule has 0 radical (unpaired) electrons. The first-order valence-corrected chi connectivity index (χ1v) is 12.5. The highest BCUT2D eigenvalue weighted by Gasteiger charge is 2.22. The second-order valence-electron chi connectivity index (χ2n) is 9.99. The van der Waals surface area contributed by atoms with E-state index in [2.05, 4.69) is 47.4 Å². The number of anilines is 1. The summed E-state index contributed by atoms with van der Waals surface area (Å²) in [6, 6.07) is 6.20. The van der Waals surface area contributed by atoms with Gasteiger partial charge in [-0.3, -0.25) is 4.68 Å². The van der Waals surface area contributed by atoms with E-state index in [-0.39, 0.29) is 11.6 Å². The van der Waals surface area contributed by atoms with Crippen molar-refractivity contribution in [3.8, 4) is 16.9 Å². The van der Waals surface area contributed by atoms with Crippen LogP contribution < -0.4 is 15.4 Å². The van der Waals surface area contributed by atoms with Crippen molar-refractivity contribution in [2.24, 2.45) is 0 Å². The normalized spacial score (nSPS) is 15.9. The first-order chi connectivity index (χ1) is 16.1. The maximum Gasteiger partial charge on any atom is 0.169 e. The number of hydrogen-bond acceptors (Lipinski definition) is 5. The van der Waals surface area contributed by atoms with Crippen LogP contribution in [0.15, 0.2) is 36.8 Å². The van der Waals surface area contributed by atoms with Crippen LogP contribution >= 0.6 is 23.2 Å². The van der Waals surface area contributed by atoms with Gasteiger partial charge in [-0.25, -0.2) is 4.98 Å². The molecule has 1 aromatic carbocycles. The van der Waals surface area contributed by atoms with Crippen molar-refractivity contribution in [1.29, 1.82) is 0 Å². The molecule has 0 spiro atoms. The van der Waals surface area contributed by atoms with E-state index in [9.17, 15) is 0 Å². The third kappa shape index (κ3) is 5.68. The first-order valence-electron chi connectivity index (χ1n) is 11.8. The zero-order valence-corrected chi connectivity index (χ0v) is 22.0. The minimum Gasteiger partial charge on any atom is -0.482 e. The Morgan fingerprint density at radius 2 is 1.88 bits per heavy atom. The van der Waals surface area contributed by atoms with Gasteiger partial charge < -0.3 is 15.4 Å². The highest BCUT2D eigenvalue weighted by atomic mass is 35.5. The molecule has 2 aromatic heterocycles. The number of ether oxygens (including phenoxy) is 1. The first kappa shape index (κ1) is 24.8. The molecule has 2 N–H and O–H groups in total. The lowest BCUT2D eigenvalue weighted by Gasteiger charge is -2.25. The molecule has 0 amide bonds. The molecule has 3 aromatic rings. The average Bonchev–Trinajstić information content (AvgIpc) is 3.28. The van der Waals surface area contributed by atoms with Crippen LogP contribution in [0.5, 0.6) is 5.75 Å². The molecule has 1 aliphatic rings. The van der Waals surface area contributed by atoms with Gasteiger partial charge in [-0.1, -0.05) is 29.3 Å². The Labute approximate surface area is 212 Å². The van der Waals surface area contributed by atoms with Gasteiger partial charge in [0.1, 0.15) is 6.10 Å². The molecule has 0 unspecified atom stereocenters. The molecule has 4 rings (SSSR count). The number of benzene rings is 1. The molecule has 0 aliphatic carbocycles. The Bertz CT molecular complexity index is 1150. The van der Waals surface area contributed by atoms with E-state index in [1.807, 2.05) is 44.4 Å². The van der Waals surface area contributed by atoms with Gasteiger partial charge in [0.25, 0.3) is 0 Å². The quantitative estimate of drug-likeness (QED) is 0.387. The second kappa shape index (κ2) is 10.1. The third-order valence-electron chi connectivity index (χ3n) is 5.99. The van der Waals surface area contributed by atoms with E-state index in [1.54, 1.807) is 0 Å². The summed E-state index contributed by atoms with van der Waals surface area (Å²) in [7, 11) is 0. The van der Waals surface area contributed by atoms with E-state index in [4.69, 9.17) is 32.9 Å². The Hall–Kier alpha value is -2.28. The van der Waals surface area contributed by atoms with Gasteiger partial charge in [-0.15, -0.1) is 0 Å². The summed E-state index contributed by atoms with van der Waals surface area (Å²) in [5.41, 5.74) is 3.51. The molecule has 0 saturated carbocycles. The van der Waals surface area contributed by atoms with E-state index >= 15 is 0 Å². The molecule has 1 saturated heterocycles. The van der Waals surface area contributed by atoms with Gasteiger partial charge >= 0.3 is 0 Å². The van der Waals surface area contributed by atoms with Crippen molar-refractivity contribution in [2.75, 3.05) is 18.4 Å². The van der Waals surface area contributed by atoms with Crippen LogP contribution in [0.1, 0.15) is 63.8 Å². The van der Waals surface area contributed by atoms with Gasteiger partial charge in [0.2, 0.25) is 0 Å². The average molecular weight is 502 g/mol. The molecule has 6 nitrogen and oxygen atoms in total. The fraction of sp³-hybridized carbons (Fsp3) is 0.462. The minimum absolute atomic E-state index is 0.186. The van der Waals surface area contributed by atoms with E-state index in [1.165, 1.54) is 0 Å². The van der Waals surface area contributed by atoms with Gasteiger partial charge in [0.05, 0.1) is 17.3 Å². The predicted molar refractivity (Wildman–Crippen MR) is 140 cm³/mol. The Kier molecular flexibility index (Phi) is 7.41. The molecule has 0 bridgehead atoms. The summed E-state index contributed by atoms with van der Waals surface area (Å²) in [6.07, 6.45) is 7.66. The fourth-order valence-electron chi connectivity index (χ4n) is 4.20. The number of aryl methyl sites for hydroxylation is 1. The molecule has 1 aliphatic heterocycles. The zero-order chi connectivity index (χ0) is 24.5. The van der Waals surface area contributed by atoms with Crippen LogP contribution in [0.2, 0.25) is 10.0 Å². The Balaban J connectivity index is 1.67. The Morgan fingerprint density at radius 1 is 1.15 bits per heavy atom. The van der Waals surface area contributed by atoms with Crippen molar-refractivity contribution in [3.63, 3.8) is 0 Å².